The lowest BCUT2D eigenvalue weighted by molar-refractivity contribution is 0.0694. The van der Waals surface area contributed by atoms with E-state index in [0.717, 1.165) is 5.56 Å². The molecule has 0 aliphatic rings. The Morgan fingerprint density at radius 2 is 1.95 bits per heavy atom. The lowest BCUT2D eigenvalue weighted by Gasteiger charge is -2.08. The van der Waals surface area contributed by atoms with Gasteiger partial charge in [-0.2, -0.15) is 0 Å². The van der Waals surface area contributed by atoms with Crippen LogP contribution in [0.4, 0.5) is 0 Å². The van der Waals surface area contributed by atoms with Gasteiger partial charge in [0.15, 0.2) is 11.3 Å². The minimum absolute atomic E-state index is 0.0519. The van der Waals surface area contributed by atoms with Crippen molar-refractivity contribution in [2.24, 2.45) is 0 Å². The van der Waals surface area contributed by atoms with E-state index in [-0.39, 0.29) is 16.7 Å². The molecule has 3 aromatic rings. The molecule has 1 N–H and O–H groups in total. The van der Waals surface area contributed by atoms with Gasteiger partial charge in [-0.15, -0.1) is 0 Å². The highest BCUT2D eigenvalue weighted by Crippen LogP contribution is 2.27. The summed E-state index contributed by atoms with van der Waals surface area (Å²) in [6.45, 7) is 1.88. The van der Waals surface area contributed by atoms with Gasteiger partial charge < -0.3 is 9.52 Å². The van der Waals surface area contributed by atoms with Crippen LogP contribution in [0.2, 0.25) is 5.02 Å². The maximum absolute atomic E-state index is 12.5. The summed E-state index contributed by atoms with van der Waals surface area (Å²) in [4.78, 5) is 24.0. The van der Waals surface area contributed by atoms with E-state index < -0.39 is 11.4 Å². The average molecular weight is 315 g/mol. The zero-order valence-corrected chi connectivity index (χ0v) is 12.3. The van der Waals surface area contributed by atoms with Crippen molar-refractivity contribution in [2.75, 3.05) is 0 Å². The lowest BCUT2D eigenvalue weighted by atomic mass is 10.0. The molecule has 0 amide bonds. The molecule has 110 valence electrons. The molecular weight excluding hydrogens is 304 g/mol. The predicted octanol–water partition coefficient (Wildman–Crippen LogP) is 4.12. The van der Waals surface area contributed by atoms with Gasteiger partial charge in [0.2, 0.25) is 5.43 Å². The fraction of sp³-hybridized carbons (Fsp3) is 0.0588. The number of hydrogen-bond donors (Lipinski definition) is 1. The smallest absolute Gasteiger partial charge is 0.343 e. The molecule has 0 saturated carbocycles. The summed E-state index contributed by atoms with van der Waals surface area (Å²) in [5.41, 5.74) is 0.795. The standard InChI is InChI=1S/C17H11ClO4/c1-9-3-2-4-10(7-9)16-14(17(20)21)15(19)12-8-11(18)5-6-13(12)22-16/h2-8H,1H3,(H,20,21). The first-order chi connectivity index (χ1) is 10.5. The summed E-state index contributed by atoms with van der Waals surface area (Å²) in [5.74, 6) is -1.27. The second-order valence-electron chi connectivity index (χ2n) is 4.95. The Bertz CT molecular complexity index is 957. The Hall–Kier alpha value is -2.59. The van der Waals surface area contributed by atoms with Crippen molar-refractivity contribution >= 4 is 28.5 Å². The molecular formula is C17H11ClO4. The maximum atomic E-state index is 12.5. The van der Waals surface area contributed by atoms with Gasteiger partial charge in [0, 0.05) is 10.6 Å². The minimum atomic E-state index is -1.33. The third-order valence-electron chi connectivity index (χ3n) is 3.35. The maximum Gasteiger partial charge on any atom is 0.343 e. The third-order valence-corrected chi connectivity index (χ3v) is 3.58. The number of hydrogen-bond acceptors (Lipinski definition) is 3. The quantitative estimate of drug-likeness (QED) is 0.772. The number of carboxylic acids is 1. The second kappa shape index (κ2) is 5.31. The zero-order chi connectivity index (χ0) is 15.9. The van der Waals surface area contributed by atoms with Crippen molar-refractivity contribution in [1.29, 1.82) is 0 Å². The van der Waals surface area contributed by atoms with Gasteiger partial charge in [-0.3, -0.25) is 4.79 Å². The van der Waals surface area contributed by atoms with Crippen molar-refractivity contribution in [3.05, 3.63) is 68.8 Å². The molecule has 0 aliphatic carbocycles. The number of halogens is 1. The largest absolute Gasteiger partial charge is 0.477 e. The first-order valence-electron chi connectivity index (χ1n) is 6.54. The number of carbonyl (C=O) groups is 1. The molecule has 2 aromatic carbocycles. The van der Waals surface area contributed by atoms with Crippen LogP contribution in [-0.2, 0) is 0 Å². The molecule has 1 heterocycles. The zero-order valence-electron chi connectivity index (χ0n) is 11.6. The highest BCUT2D eigenvalue weighted by Gasteiger charge is 2.21. The number of benzene rings is 2. The van der Waals surface area contributed by atoms with Crippen LogP contribution in [0.3, 0.4) is 0 Å². The summed E-state index contributed by atoms with van der Waals surface area (Å²) in [6.07, 6.45) is 0. The Labute approximate surface area is 130 Å². The molecule has 0 unspecified atom stereocenters. The minimum Gasteiger partial charge on any atom is -0.477 e. The van der Waals surface area contributed by atoms with Crippen molar-refractivity contribution < 1.29 is 14.3 Å². The fourth-order valence-electron chi connectivity index (χ4n) is 2.35. The van der Waals surface area contributed by atoms with Crippen molar-refractivity contribution in [3.8, 4) is 11.3 Å². The number of fused-ring (bicyclic) bond motifs is 1. The second-order valence-corrected chi connectivity index (χ2v) is 5.39. The van der Waals surface area contributed by atoms with E-state index in [1.165, 1.54) is 6.07 Å². The molecule has 3 rings (SSSR count). The van der Waals surface area contributed by atoms with Crippen LogP contribution in [0.5, 0.6) is 0 Å². The van der Waals surface area contributed by atoms with Crippen molar-refractivity contribution in [2.45, 2.75) is 6.92 Å². The van der Waals surface area contributed by atoms with Gasteiger partial charge in [0.25, 0.3) is 0 Å². The lowest BCUT2D eigenvalue weighted by Crippen LogP contribution is -2.16. The van der Waals surface area contributed by atoms with Crippen LogP contribution >= 0.6 is 11.6 Å². The average Bonchev–Trinajstić information content (AvgIpc) is 2.47. The fourth-order valence-corrected chi connectivity index (χ4v) is 2.52. The van der Waals surface area contributed by atoms with Crippen LogP contribution in [0.1, 0.15) is 15.9 Å². The van der Waals surface area contributed by atoms with Gasteiger partial charge in [-0.25, -0.2) is 4.79 Å². The van der Waals surface area contributed by atoms with Crippen LogP contribution in [0.25, 0.3) is 22.3 Å². The molecule has 0 bridgehead atoms. The summed E-state index contributed by atoms with van der Waals surface area (Å²) in [6, 6.07) is 11.7. The first kappa shape index (κ1) is 14.4. The van der Waals surface area contributed by atoms with Gasteiger partial charge in [0.05, 0.1) is 5.39 Å². The topological polar surface area (TPSA) is 67.5 Å². The summed E-state index contributed by atoms with van der Waals surface area (Å²) < 4.78 is 5.69. The van der Waals surface area contributed by atoms with Crippen LogP contribution in [0, 0.1) is 6.92 Å². The van der Waals surface area contributed by atoms with Gasteiger partial charge in [-0.05, 0) is 31.2 Å². The molecule has 0 spiro atoms. The summed E-state index contributed by atoms with van der Waals surface area (Å²) in [5, 5.41) is 9.91. The van der Waals surface area contributed by atoms with Crippen LogP contribution in [0.15, 0.2) is 51.7 Å². The summed E-state index contributed by atoms with van der Waals surface area (Å²) >= 11 is 5.87. The van der Waals surface area contributed by atoms with Gasteiger partial charge >= 0.3 is 5.97 Å². The van der Waals surface area contributed by atoms with Crippen LogP contribution < -0.4 is 5.43 Å². The van der Waals surface area contributed by atoms with E-state index in [4.69, 9.17) is 16.0 Å². The molecule has 0 aliphatic heterocycles. The van der Waals surface area contributed by atoms with E-state index in [1.807, 2.05) is 13.0 Å². The molecule has 4 nitrogen and oxygen atoms in total. The normalized spacial score (nSPS) is 10.8. The number of aryl methyl sites for hydroxylation is 1. The van der Waals surface area contributed by atoms with E-state index in [0.29, 0.717) is 16.2 Å². The Balaban J connectivity index is 2.44. The number of carboxylic acid groups (broad SMARTS) is 1. The van der Waals surface area contributed by atoms with Crippen LogP contribution in [-0.4, -0.2) is 11.1 Å². The van der Waals surface area contributed by atoms with E-state index in [2.05, 4.69) is 0 Å². The number of rotatable bonds is 2. The Kier molecular flexibility index (Phi) is 3.47. The highest BCUT2D eigenvalue weighted by atomic mass is 35.5. The van der Waals surface area contributed by atoms with Crippen molar-refractivity contribution in [1.82, 2.24) is 0 Å². The molecule has 1 aromatic heterocycles. The first-order valence-corrected chi connectivity index (χ1v) is 6.92. The Morgan fingerprint density at radius 3 is 2.64 bits per heavy atom. The molecule has 5 heteroatoms. The van der Waals surface area contributed by atoms with Gasteiger partial charge in [0.1, 0.15) is 5.58 Å². The molecule has 0 fully saturated rings. The molecule has 0 radical (unpaired) electrons. The van der Waals surface area contributed by atoms with E-state index in [9.17, 15) is 14.7 Å². The van der Waals surface area contributed by atoms with E-state index >= 15 is 0 Å². The third kappa shape index (κ3) is 2.38. The SMILES string of the molecule is Cc1cccc(-c2oc3ccc(Cl)cc3c(=O)c2C(=O)O)c1. The molecule has 0 saturated heterocycles. The molecule has 0 atom stereocenters. The summed E-state index contributed by atoms with van der Waals surface area (Å²) in [7, 11) is 0. The highest BCUT2D eigenvalue weighted by molar-refractivity contribution is 6.31. The van der Waals surface area contributed by atoms with Gasteiger partial charge in [-0.1, -0.05) is 35.4 Å². The van der Waals surface area contributed by atoms with Crippen molar-refractivity contribution in [3.63, 3.8) is 0 Å². The van der Waals surface area contributed by atoms with E-state index in [1.54, 1.807) is 30.3 Å². The predicted molar refractivity (Wildman–Crippen MR) is 84.6 cm³/mol. The Morgan fingerprint density at radius 1 is 1.18 bits per heavy atom. The monoisotopic (exact) mass is 314 g/mol. The number of aromatic carboxylic acids is 1. The molecule has 22 heavy (non-hydrogen) atoms.